The van der Waals surface area contributed by atoms with E-state index in [-0.39, 0.29) is 5.37 Å². The first-order valence-corrected chi connectivity index (χ1v) is 8.76. The topological polar surface area (TPSA) is 78.6 Å². The maximum Gasteiger partial charge on any atom is 0.248 e. The Morgan fingerprint density at radius 3 is 2.62 bits per heavy atom. The van der Waals surface area contributed by atoms with Gasteiger partial charge < -0.3 is 11.1 Å². The van der Waals surface area contributed by atoms with Crippen molar-refractivity contribution in [3.63, 3.8) is 0 Å². The monoisotopic (exact) mass is 343 g/mol. The number of nitrogens with zero attached hydrogens (tertiary/aromatic N) is 1. The van der Waals surface area contributed by atoms with Crippen LogP contribution >= 0.6 is 11.8 Å². The van der Waals surface area contributed by atoms with Crippen molar-refractivity contribution in [1.82, 2.24) is 0 Å². The summed E-state index contributed by atoms with van der Waals surface area (Å²) < 4.78 is 0. The number of rotatable bonds is 5. The van der Waals surface area contributed by atoms with Crippen molar-refractivity contribution in [3.8, 4) is 0 Å². The van der Waals surface area contributed by atoms with E-state index in [2.05, 4.69) is 43.4 Å². The molecule has 0 saturated heterocycles. The zero-order chi connectivity index (χ0) is 17.3. The molecule has 2 aromatic carbocycles. The SMILES string of the molecule is CC(C)c1ccc(NCC2Sc3ccc(C(N)=O)cc3N2O)cc1. The van der Waals surface area contributed by atoms with Gasteiger partial charge in [-0.05, 0) is 41.8 Å². The second kappa shape index (κ2) is 6.75. The van der Waals surface area contributed by atoms with Crippen LogP contribution in [0.2, 0.25) is 0 Å². The Morgan fingerprint density at radius 2 is 2.00 bits per heavy atom. The van der Waals surface area contributed by atoms with E-state index in [4.69, 9.17) is 5.73 Å². The van der Waals surface area contributed by atoms with Crippen molar-refractivity contribution >= 4 is 29.0 Å². The minimum atomic E-state index is -0.497. The second-order valence-electron chi connectivity index (χ2n) is 6.12. The zero-order valence-corrected chi connectivity index (χ0v) is 14.5. The number of hydrogen-bond acceptors (Lipinski definition) is 5. The molecule has 1 atom stereocenters. The number of nitrogens with one attached hydrogen (secondary N) is 1. The van der Waals surface area contributed by atoms with E-state index in [1.54, 1.807) is 23.9 Å². The highest BCUT2D eigenvalue weighted by molar-refractivity contribution is 8.00. The third kappa shape index (κ3) is 3.34. The molecule has 0 radical (unpaired) electrons. The number of fused-ring (bicyclic) bond motifs is 1. The molecule has 0 fully saturated rings. The van der Waals surface area contributed by atoms with Crippen LogP contribution in [0.25, 0.3) is 0 Å². The highest BCUT2D eigenvalue weighted by atomic mass is 32.2. The number of hydroxylamine groups is 1. The van der Waals surface area contributed by atoms with Gasteiger partial charge in [0.15, 0.2) is 0 Å². The Balaban J connectivity index is 1.65. The van der Waals surface area contributed by atoms with Crippen LogP contribution in [0.3, 0.4) is 0 Å². The lowest BCUT2D eigenvalue weighted by Crippen LogP contribution is -2.31. The Kier molecular flexibility index (Phi) is 4.69. The van der Waals surface area contributed by atoms with Gasteiger partial charge in [-0.2, -0.15) is 0 Å². The first-order chi connectivity index (χ1) is 11.5. The van der Waals surface area contributed by atoms with Gasteiger partial charge in [0.25, 0.3) is 0 Å². The molecule has 3 rings (SSSR count). The van der Waals surface area contributed by atoms with E-state index in [0.717, 1.165) is 10.6 Å². The minimum absolute atomic E-state index is 0.159. The molecule has 1 aliphatic heterocycles. The Hall–Kier alpha value is -2.18. The standard InChI is InChI=1S/C18H21N3O2S/c1-11(2)12-3-6-14(7-4-12)20-10-17-21(23)15-9-13(18(19)22)5-8-16(15)24-17/h3-9,11,17,20,23H,10H2,1-2H3,(H2,19,22). The summed E-state index contributed by atoms with van der Waals surface area (Å²) in [5.41, 5.74) is 8.63. The largest absolute Gasteiger partial charge is 0.382 e. The number of anilines is 2. The third-order valence-corrected chi connectivity index (χ3v) is 5.32. The fraction of sp³-hybridized carbons (Fsp3) is 0.278. The van der Waals surface area contributed by atoms with Gasteiger partial charge in [0.05, 0.1) is 5.69 Å². The van der Waals surface area contributed by atoms with Gasteiger partial charge in [-0.15, -0.1) is 0 Å². The van der Waals surface area contributed by atoms with Crippen molar-refractivity contribution < 1.29 is 10.0 Å². The van der Waals surface area contributed by atoms with Crippen LogP contribution < -0.4 is 16.1 Å². The Morgan fingerprint density at radius 1 is 1.29 bits per heavy atom. The lowest BCUT2D eigenvalue weighted by molar-refractivity contribution is 0.1000. The number of hydrogen-bond donors (Lipinski definition) is 3. The molecule has 1 heterocycles. The van der Waals surface area contributed by atoms with Crippen LogP contribution in [0.15, 0.2) is 47.4 Å². The van der Waals surface area contributed by atoms with E-state index in [1.807, 2.05) is 6.07 Å². The van der Waals surface area contributed by atoms with Crippen LogP contribution in [0.4, 0.5) is 11.4 Å². The molecule has 6 heteroatoms. The molecule has 1 aliphatic rings. The summed E-state index contributed by atoms with van der Waals surface area (Å²) in [6.45, 7) is 4.90. The molecule has 5 nitrogen and oxygen atoms in total. The molecule has 2 aromatic rings. The number of benzene rings is 2. The first-order valence-electron chi connectivity index (χ1n) is 7.88. The number of carbonyl (C=O) groups is 1. The summed E-state index contributed by atoms with van der Waals surface area (Å²) in [4.78, 5) is 12.2. The number of carbonyl (C=O) groups excluding carboxylic acids is 1. The fourth-order valence-electron chi connectivity index (χ4n) is 2.62. The molecule has 0 spiro atoms. The molecule has 1 amide bonds. The molecule has 0 aliphatic carbocycles. The van der Waals surface area contributed by atoms with Crippen LogP contribution in [0, 0.1) is 0 Å². The van der Waals surface area contributed by atoms with Crippen molar-refractivity contribution in [2.45, 2.75) is 30.0 Å². The molecular formula is C18H21N3O2S. The van der Waals surface area contributed by atoms with Gasteiger partial charge >= 0.3 is 0 Å². The molecule has 0 aromatic heterocycles. The van der Waals surface area contributed by atoms with Gasteiger partial charge in [0, 0.05) is 22.7 Å². The van der Waals surface area contributed by atoms with Gasteiger partial charge in [0.1, 0.15) is 5.37 Å². The summed E-state index contributed by atoms with van der Waals surface area (Å²) in [7, 11) is 0. The maximum atomic E-state index is 11.3. The average Bonchev–Trinajstić information content (AvgIpc) is 2.89. The van der Waals surface area contributed by atoms with Crippen LogP contribution in [-0.2, 0) is 0 Å². The molecule has 0 saturated carbocycles. The summed E-state index contributed by atoms with van der Waals surface area (Å²) in [5.74, 6) is 0.00865. The normalized spacial score (nSPS) is 16.3. The van der Waals surface area contributed by atoms with Gasteiger partial charge in [0.2, 0.25) is 5.91 Å². The van der Waals surface area contributed by atoms with Crippen molar-refractivity contribution in [3.05, 3.63) is 53.6 Å². The Bertz CT molecular complexity index is 746. The predicted molar refractivity (Wildman–Crippen MR) is 97.9 cm³/mol. The van der Waals surface area contributed by atoms with E-state index in [0.29, 0.717) is 23.7 Å². The second-order valence-corrected chi connectivity index (χ2v) is 7.34. The summed E-state index contributed by atoms with van der Waals surface area (Å²) in [6.07, 6.45) is 0. The van der Waals surface area contributed by atoms with E-state index in [9.17, 15) is 10.0 Å². The number of amides is 1. The molecule has 0 bridgehead atoms. The fourth-order valence-corrected chi connectivity index (χ4v) is 3.71. The molecule has 1 unspecified atom stereocenters. The lowest BCUT2D eigenvalue weighted by Gasteiger charge is -2.20. The van der Waals surface area contributed by atoms with Gasteiger partial charge in [-0.25, -0.2) is 5.06 Å². The van der Waals surface area contributed by atoms with Crippen LogP contribution in [0.5, 0.6) is 0 Å². The van der Waals surface area contributed by atoms with Gasteiger partial charge in [-0.1, -0.05) is 37.7 Å². The van der Waals surface area contributed by atoms with E-state index < -0.39 is 5.91 Å². The van der Waals surface area contributed by atoms with Crippen LogP contribution in [-0.4, -0.2) is 23.0 Å². The molecular weight excluding hydrogens is 322 g/mol. The number of nitrogens with two attached hydrogens (primary N) is 1. The minimum Gasteiger partial charge on any atom is -0.382 e. The average molecular weight is 343 g/mol. The summed E-state index contributed by atoms with van der Waals surface area (Å²) in [6, 6.07) is 13.5. The molecule has 126 valence electrons. The van der Waals surface area contributed by atoms with Gasteiger partial charge in [-0.3, -0.25) is 10.0 Å². The van der Waals surface area contributed by atoms with E-state index in [1.165, 1.54) is 10.6 Å². The van der Waals surface area contributed by atoms with Crippen molar-refractivity contribution in [2.75, 3.05) is 16.9 Å². The number of thioether (sulfide) groups is 1. The third-order valence-electron chi connectivity index (χ3n) is 4.08. The number of primary amides is 1. The smallest absolute Gasteiger partial charge is 0.248 e. The highest BCUT2D eigenvalue weighted by Gasteiger charge is 2.29. The molecule has 4 N–H and O–H groups in total. The lowest BCUT2D eigenvalue weighted by atomic mass is 10.0. The highest BCUT2D eigenvalue weighted by Crippen LogP contribution is 2.42. The quantitative estimate of drug-likeness (QED) is 0.772. The predicted octanol–water partition coefficient (Wildman–Crippen LogP) is 3.65. The maximum absolute atomic E-state index is 11.3. The van der Waals surface area contributed by atoms with Crippen molar-refractivity contribution in [1.29, 1.82) is 0 Å². The molecule has 24 heavy (non-hydrogen) atoms. The summed E-state index contributed by atoms with van der Waals surface area (Å²) >= 11 is 1.55. The summed E-state index contributed by atoms with van der Waals surface area (Å²) in [5, 5.41) is 14.7. The first kappa shape index (κ1) is 16.7. The van der Waals surface area contributed by atoms with Crippen molar-refractivity contribution in [2.24, 2.45) is 5.73 Å². The van der Waals surface area contributed by atoms with E-state index >= 15 is 0 Å². The zero-order valence-electron chi connectivity index (χ0n) is 13.7. The van der Waals surface area contributed by atoms with Crippen LogP contribution in [0.1, 0.15) is 35.7 Å². The Labute approximate surface area is 145 Å².